The fourth-order valence-corrected chi connectivity index (χ4v) is 2.82. The third-order valence-electron chi connectivity index (χ3n) is 4.11. The molecular weight excluding hydrogens is 354 g/mol. The molecule has 0 saturated heterocycles. The number of aryl methyl sites for hydroxylation is 1. The van der Waals surface area contributed by atoms with Crippen LogP contribution < -0.4 is 10.6 Å². The van der Waals surface area contributed by atoms with E-state index in [1.54, 1.807) is 13.8 Å². The van der Waals surface area contributed by atoms with Crippen LogP contribution in [0.4, 0.5) is 4.79 Å². The molecule has 1 aromatic rings. The zero-order valence-electron chi connectivity index (χ0n) is 16.2. The maximum atomic E-state index is 12.5. The average Bonchev–Trinajstić information content (AvgIpc) is 3.01. The number of rotatable bonds is 7. The van der Waals surface area contributed by atoms with E-state index in [1.165, 1.54) is 0 Å². The summed E-state index contributed by atoms with van der Waals surface area (Å²) in [5.41, 5.74) is 1.13. The van der Waals surface area contributed by atoms with Gasteiger partial charge in [0, 0.05) is 5.92 Å². The molecular formula is C18H25N3O6. The molecule has 1 aliphatic rings. The minimum Gasteiger partial charge on any atom is -0.463 e. The van der Waals surface area contributed by atoms with Crippen LogP contribution in [-0.2, 0) is 14.3 Å². The number of urea groups is 1. The predicted octanol–water partition coefficient (Wildman–Crippen LogP) is 2.17. The molecule has 1 atom stereocenters. The standard InChI is InChI=1S/C18H25N3O6/c1-6-11-14(17(23)25-7-2)12(20-18(24)19-11)8-26-16(22)13-10(5)21-27-15(13)9(3)4/h9,11H,6-8H2,1-5H3,(H2,19,20,24). The first-order chi connectivity index (χ1) is 12.8. The van der Waals surface area contributed by atoms with Gasteiger partial charge in [0.2, 0.25) is 0 Å². The summed E-state index contributed by atoms with van der Waals surface area (Å²) in [6, 6.07) is -0.986. The number of esters is 2. The number of ether oxygens (including phenoxy) is 2. The smallest absolute Gasteiger partial charge is 0.344 e. The van der Waals surface area contributed by atoms with Crippen LogP contribution >= 0.6 is 0 Å². The first kappa shape index (κ1) is 20.5. The molecule has 2 heterocycles. The van der Waals surface area contributed by atoms with E-state index < -0.39 is 24.0 Å². The first-order valence-corrected chi connectivity index (χ1v) is 8.91. The Labute approximate surface area is 157 Å². The van der Waals surface area contributed by atoms with Crippen molar-refractivity contribution >= 4 is 18.0 Å². The number of hydrogen-bond acceptors (Lipinski definition) is 7. The van der Waals surface area contributed by atoms with E-state index in [9.17, 15) is 14.4 Å². The highest BCUT2D eigenvalue weighted by Crippen LogP contribution is 2.24. The van der Waals surface area contributed by atoms with E-state index in [4.69, 9.17) is 14.0 Å². The molecule has 0 spiro atoms. The summed E-state index contributed by atoms with van der Waals surface area (Å²) in [6.45, 7) is 8.82. The molecule has 2 rings (SSSR count). The number of amides is 2. The van der Waals surface area contributed by atoms with Gasteiger partial charge in [0.05, 0.1) is 29.6 Å². The van der Waals surface area contributed by atoms with Crippen molar-refractivity contribution in [3.8, 4) is 0 Å². The summed E-state index contributed by atoms with van der Waals surface area (Å²) in [6.07, 6.45) is 0.487. The Bertz CT molecular complexity index is 765. The Morgan fingerprint density at radius 3 is 2.52 bits per heavy atom. The maximum Gasteiger partial charge on any atom is 0.344 e. The van der Waals surface area contributed by atoms with Crippen LogP contribution in [-0.4, -0.2) is 42.4 Å². The topological polar surface area (TPSA) is 120 Å². The van der Waals surface area contributed by atoms with Gasteiger partial charge >= 0.3 is 18.0 Å². The van der Waals surface area contributed by atoms with E-state index in [-0.39, 0.29) is 36.0 Å². The SMILES string of the molecule is CCOC(=O)C1=C(COC(=O)c2c(C)noc2C(C)C)NC(=O)NC1CC. The second kappa shape index (κ2) is 8.70. The number of aromatic nitrogens is 1. The van der Waals surface area contributed by atoms with E-state index in [1.807, 2.05) is 20.8 Å². The van der Waals surface area contributed by atoms with Crippen molar-refractivity contribution in [2.75, 3.05) is 13.2 Å². The van der Waals surface area contributed by atoms with Crippen LogP contribution in [0.5, 0.6) is 0 Å². The van der Waals surface area contributed by atoms with Gasteiger partial charge in [-0.3, -0.25) is 0 Å². The molecule has 0 saturated carbocycles. The largest absolute Gasteiger partial charge is 0.463 e. The van der Waals surface area contributed by atoms with Gasteiger partial charge < -0.3 is 24.6 Å². The van der Waals surface area contributed by atoms with Crippen molar-refractivity contribution in [3.63, 3.8) is 0 Å². The van der Waals surface area contributed by atoms with Crippen LogP contribution in [0.25, 0.3) is 0 Å². The minimum absolute atomic E-state index is 0.0499. The van der Waals surface area contributed by atoms with Gasteiger partial charge in [-0.1, -0.05) is 25.9 Å². The summed E-state index contributed by atoms with van der Waals surface area (Å²) >= 11 is 0. The number of nitrogens with zero attached hydrogens (tertiary/aromatic N) is 1. The van der Waals surface area contributed by atoms with Gasteiger partial charge in [0.1, 0.15) is 12.2 Å². The van der Waals surface area contributed by atoms with Gasteiger partial charge in [-0.2, -0.15) is 0 Å². The molecule has 2 N–H and O–H groups in total. The van der Waals surface area contributed by atoms with Gasteiger partial charge in [-0.25, -0.2) is 14.4 Å². The summed E-state index contributed by atoms with van der Waals surface area (Å²) in [5.74, 6) is -0.815. The predicted molar refractivity (Wildman–Crippen MR) is 95.0 cm³/mol. The molecule has 0 aromatic carbocycles. The van der Waals surface area contributed by atoms with E-state index >= 15 is 0 Å². The summed E-state index contributed by atoms with van der Waals surface area (Å²) < 4.78 is 15.6. The van der Waals surface area contributed by atoms with Crippen molar-refractivity contribution in [2.45, 2.75) is 53.0 Å². The summed E-state index contributed by atoms with van der Waals surface area (Å²) in [5, 5.41) is 9.01. The van der Waals surface area contributed by atoms with Crippen molar-refractivity contribution in [3.05, 3.63) is 28.3 Å². The van der Waals surface area contributed by atoms with Crippen molar-refractivity contribution in [1.29, 1.82) is 0 Å². The van der Waals surface area contributed by atoms with Crippen LogP contribution in [0, 0.1) is 6.92 Å². The van der Waals surface area contributed by atoms with Crippen molar-refractivity contribution in [1.82, 2.24) is 15.8 Å². The fourth-order valence-electron chi connectivity index (χ4n) is 2.82. The van der Waals surface area contributed by atoms with E-state index in [2.05, 4.69) is 15.8 Å². The molecule has 0 fully saturated rings. The lowest BCUT2D eigenvalue weighted by Crippen LogP contribution is -2.51. The lowest BCUT2D eigenvalue weighted by molar-refractivity contribution is -0.139. The zero-order chi connectivity index (χ0) is 20.1. The molecule has 0 bridgehead atoms. The van der Waals surface area contributed by atoms with E-state index in [0.717, 1.165) is 0 Å². The minimum atomic E-state index is -0.631. The molecule has 27 heavy (non-hydrogen) atoms. The third-order valence-corrected chi connectivity index (χ3v) is 4.11. The molecule has 1 aliphatic heterocycles. The lowest BCUT2D eigenvalue weighted by Gasteiger charge is -2.28. The highest BCUT2D eigenvalue weighted by Gasteiger charge is 2.32. The van der Waals surface area contributed by atoms with Gasteiger partial charge in [-0.15, -0.1) is 0 Å². The highest BCUT2D eigenvalue weighted by atomic mass is 16.5. The molecule has 0 radical (unpaired) electrons. The third kappa shape index (κ3) is 4.47. The quantitative estimate of drug-likeness (QED) is 0.697. The molecule has 9 nitrogen and oxygen atoms in total. The Kier molecular flexibility index (Phi) is 6.59. The number of hydrogen-bond donors (Lipinski definition) is 2. The van der Waals surface area contributed by atoms with Crippen LogP contribution in [0.2, 0.25) is 0 Å². The molecule has 1 aromatic heterocycles. The Morgan fingerprint density at radius 1 is 1.22 bits per heavy atom. The van der Waals surface area contributed by atoms with Gasteiger partial charge in [-0.05, 0) is 20.3 Å². The average molecular weight is 379 g/mol. The van der Waals surface area contributed by atoms with Crippen molar-refractivity contribution in [2.24, 2.45) is 0 Å². The lowest BCUT2D eigenvalue weighted by atomic mass is 10.0. The molecule has 0 aliphatic carbocycles. The van der Waals surface area contributed by atoms with Crippen LogP contribution in [0.15, 0.2) is 15.8 Å². The summed E-state index contributed by atoms with van der Waals surface area (Å²) in [7, 11) is 0. The molecule has 9 heteroatoms. The molecule has 148 valence electrons. The fraction of sp³-hybridized carbons (Fsp3) is 0.556. The second-order valence-electron chi connectivity index (χ2n) is 6.41. The van der Waals surface area contributed by atoms with Crippen LogP contribution in [0.1, 0.15) is 61.8 Å². The monoisotopic (exact) mass is 379 g/mol. The second-order valence-corrected chi connectivity index (χ2v) is 6.41. The normalized spacial score (nSPS) is 16.8. The molecule has 2 amide bonds. The zero-order valence-corrected chi connectivity index (χ0v) is 16.2. The Morgan fingerprint density at radius 2 is 1.93 bits per heavy atom. The number of nitrogens with one attached hydrogen (secondary N) is 2. The number of carbonyl (C=O) groups excluding carboxylic acids is 3. The highest BCUT2D eigenvalue weighted by molar-refractivity contribution is 5.95. The summed E-state index contributed by atoms with van der Waals surface area (Å²) in [4.78, 5) is 36.7. The van der Waals surface area contributed by atoms with Gasteiger partial charge in [0.15, 0.2) is 5.76 Å². The Hall–Kier alpha value is -2.84. The maximum absolute atomic E-state index is 12.5. The van der Waals surface area contributed by atoms with Crippen molar-refractivity contribution < 1.29 is 28.4 Å². The first-order valence-electron chi connectivity index (χ1n) is 8.91. The van der Waals surface area contributed by atoms with Crippen LogP contribution in [0.3, 0.4) is 0 Å². The Balaban J connectivity index is 2.27. The number of carbonyl (C=O) groups is 3. The molecule has 1 unspecified atom stereocenters. The van der Waals surface area contributed by atoms with E-state index in [0.29, 0.717) is 17.9 Å². The van der Waals surface area contributed by atoms with Gasteiger partial charge in [0.25, 0.3) is 0 Å².